The smallest absolute Gasteiger partial charge is 0.147 e. The fraction of sp³-hybridized carbons (Fsp3) is 1.00. The van der Waals surface area contributed by atoms with Crippen molar-refractivity contribution in [1.29, 1.82) is 0 Å². The van der Waals surface area contributed by atoms with Crippen LogP contribution < -0.4 is 5.32 Å². The quantitative estimate of drug-likeness (QED) is 0.681. The molecule has 0 aromatic rings. The van der Waals surface area contributed by atoms with Gasteiger partial charge in [-0.2, -0.15) is 0 Å². The summed E-state index contributed by atoms with van der Waals surface area (Å²) < 4.78 is 22.1. The molecule has 3 nitrogen and oxygen atoms in total. The van der Waals surface area contributed by atoms with Crippen molar-refractivity contribution in [3.05, 3.63) is 0 Å². The molecular weight excluding hydrogens is 222 g/mol. The van der Waals surface area contributed by atoms with Crippen LogP contribution in [-0.4, -0.2) is 33.5 Å². The van der Waals surface area contributed by atoms with Crippen LogP contribution in [0, 0.1) is 5.41 Å². The van der Waals surface area contributed by atoms with E-state index < -0.39 is 9.84 Å². The Bertz CT molecular complexity index is 275. The minimum atomic E-state index is -2.80. The van der Waals surface area contributed by atoms with E-state index in [4.69, 9.17) is 0 Å². The Morgan fingerprint density at radius 2 is 1.81 bits per heavy atom. The average Bonchev–Trinajstić information content (AvgIpc) is 2.13. The van der Waals surface area contributed by atoms with Crippen LogP contribution in [0.25, 0.3) is 0 Å². The fourth-order valence-corrected chi connectivity index (χ4v) is 2.76. The summed E-state index contributed by atoms with van der Waals surface area (Å²) >= 11 is 0. The van der Waals surface area contributed by atoms with E-state index in [0.29, 0.717) is 5.75 Å². The standard InChI is InChI=1S/C12H27NO2S/c1-5-8-12(3,11-13-6-2)9-7-10-16(4,14)15/h13H,5-11H2,1-4H3. The van der Waals surface area contributed by atoms with Crippen LogP contribution in [0.5, 0.6) is 0 Å². The van der Waals surface area contributed by atoms with Gasteiger partial charge in [0.2, 0.25) is 0 Å². The van der Waals surface area contributed by atoms with E-state index in [9.17, 15) is 8.42 Å². The Balaban J connectivity index is 4.11. The monoisotopic (exact) mass is 249 g/mol. The van der Waals surface area contributed by atoms with Crippen molar-refractivity contribution < 1.29 is 8.42 Å². The summed E-state index contributed by atoms with van der Waals surface area (Å²) in [6.45, 7) is 8.50. The summed E-state index contributed by atoms with van der Waals surface area (Å²) in [6, 6.07) is 0. The molecule has 0 aliphatic heterocycles. The van der Waals surface area contributed by atoms with E-state index in [-0.39, 0.29) is 5.41 Å². The molecule has 0 aliphatic rings. The Hall–Kier alpha value is -0.0900. The molecule has 0 aromatic heterocycles. The lowest BCUT2D eigenvalue weighted by atomic mass is 9.81. The lowest BCUT2D eigenvalue weighted by Crippen LogP contribution is -2.32. The molecule has 1 N–H and O–H groups in total. The second-order valence-corrected chi connectivity index (χ2v) is 7.33. The number of sulfone groups is 1. The van der Waals surface area contributed by atoms with Gasteiger partial charge in [-0.25, -0.2) is 8.42 Å². The number of nitrogens with one attached hydrogen (secondary N) is 1. The van der Waals surface area contributed by atoms with Gasteiger partial charge in [-0.1, -0.05) is 27.2 Å². The first-order valence-electron chi connectivity index (χ1n) is 6.21. The van der Waals surface area contributed by atoms with Gasteiger partial charge in [0.15, 0.2) is 0 Å². The minimum absolute atomic E-state index is 0.245. The number of rotatable bonds is 9. The van der Waals surface area contributed by atoms with E-state index in [2.05, 4.69) is 26.1 Å². The molecule has 0 heterocycles. The van der Waals surface area contributed by atoms with Crippen LogP contribution in [0.2, 0.25) is 0 Å². The summed E-state index contributed by atoms with van der Waals surface area (Å²) in [5.74, 6) is 0.318. The summed E-state index contributed by atoms with van der Waals surface area (Å²) in [5, 5.41) is 3.37. The van der Waals surface area contributed by atoms with E-state index in [1.807, 2.05) is 0 Å². The zero-order chi connectivity index (χ0) is 12.7. The van der Waals surface area contributed by atoms with E-state index in [0.717, 1.165) is 38.8 Å². The highest BCUT2D eigenvalue weighted by Gasteiger charge is 2.22. The lowest BCUT2D eigenvalue weighted by Gasteiger charge is -2.29. The zero-order valence-electron chi connectivity index (χ0n) is 11.2. The molecule has 98 valence electrons. The SMILES string of the molecule is CCCC(C)(CCCS(C)(=O)=O)CNCC. The van der Waals surface area contributed by atoms with Crippen molar-refractivity contribution in [2.24, 2.45) is 5.41 Å². The van der Waals surface area contributed by atoms with Gasteiger partial charge in [-0.15, -0.1) is 0 Å². The van der Waals surface area contributed by atoms with Gasteiger partial charge >= 0.3 is 0 Å². The summed E-state index contributed by atoms with van der Waals surface area (Å²) in [5.41, 5.74) is 0.245. The van der Waals surface area contributed by atoms with E-state index in [1.165, 1.54) is 6.26 Å². The molecule has 0 radical (unpaired) electrons. The molecule has 0 aliphatic carbocycles. The van der Waals surface area contributed by atoms with Gasteiger partial charge in [0.05, 0.1) is 0 Å². The normalized spacial score (nSPS) is 16.0. The molecule has 0 spiro atoms. The van der Waals surface area contributed by atoms with Crippen LogP contribution in [0.3, 0.4) is 0 Å². The molecular formula is C12H27NO2S. The van der Waals surface area contributed by atoms with Gasteiger partial charge in [0, 0.05) is 18.6 Å². The first-order chi connectivity index (χ1) is 7.33. The zero-order valence-corrected chi connectivity index (χ0v) is 12.0. The molecule has 0 saturated carbocycles. The summed E-state index contributed by atoms with van der Waals surface area (Å²) in [7, 11) is -2.80. The number of hydrogen-bond acceptors (Lipinski definition) is 3. The molecule has 0 aromatic carbocycles. The molecule has 4 heteroatoms. The molecule has 0 bridgehead atoms. The highest BCUT2D eigenvalue weighted by molar-refractivity contribution is 7.90. The first kappa shape index (κ1) is 15.9. The van der Waals surface area contributed by atoms with E-state index >= 15 is 0 Å². The van der Waals surface area contributed by atoms with Crippen molar-refractivity contribution in [1.82, 2.24) is 5.32 Å². The predicted octanol–water partition coefficient (Wildman–Crippen LogP) is 2.23. The van der Waals surface area contributed by atoms with Gasteiger partial charge in [-0.3, -0.25) is 0 Å². The van der Waals surface area contributed by atoms with Crippen molar-refractivity contribution >= 4 is 9.84 Å². The Labute approximate surface area is 101 Å². The van der Waals surface area contributed by atoms with Crippen LogP contribution in [0.1, 0.15) is 46.5 Å². The molecule has 0 rings (SSSR count). The second kappa shape index (κ2) is 7.28. The molecule has 1 atom stereocenters. The van der Waals surface area contributed by atoms with Gasteiger partial charge < -0.3 is 5.32 Å². The topological polar surface area (TPSA) is 46.2 Å². The van der Waals surface area contributed by atoms with Gasteiger partial charge in [0.1, 0.15) is 9.84 Å². The summed E-state index contributed by atoms with van der Waals surface area (Å²) in [4.78, 5) is 0. The van der Waals surface area contributed by atoms with Crippen molar-refractivity contribution in [2.75, 3.05) is 25.1 Å². The van der Waals surface area contributed by atoms with Crippen molar-refractivity contribution in [3.8, 4) is 0 Å². The third-order valence-electron chi connectivity index (χ3n) is 2.95. The van der Waals surface area contributed by atoms with Crippen LogP contribution in [0.4, 0.5) is 0 Å². The van der Waals surface area contributed by atoms with Gasteiger partial charge in [-0.05, 0) is 31.2 Å². The molecule has 16 heavy (non-hydrogen) atoms. The Kier molecular flexibility index (Phi) is 7.24. The van der Waals surface area contributed by atoms with E-state index in [1.54, 1.807) is 0 Å². The second-order valence-electron chi connectivity index (χ2n) is 5.07. The highest BCUT2D eigenvalue weighted by Crippen LogP contribution is 2.28. The van der Waals surface area contributed by atoms with Crippen LogP contribution >= 0.6 is 0 Å². The summed E-state index contributed by atoms with van der Waals surface area (Å²) in [6.07, 6.45) is 5.39. The minimum Gasteiger partial charge on any atom is -0.316 e. The molecule has 0 saturated heterocycles. The van der Waals surface area contributed by atoms with Crippen molar-refractivity contribution in [3.63, 3.8) is 0 Å². The molecule has 1 unspecified atom stereocenters. The maximum atomic E-state index is 11.1. The Morgan fingerprint density at radius 3 is 2.25 bits per heavy atom. The Morgan fingerprint density at radius 1 is 1.19 bits per heavy atom. The molecule has 0 fully saturated rings. The highest BCUT2D eigenvalue weighted by atomic mass is 32.2. The largest absolute Gasteiger partial charge is 0.316 e. The van der Waals surface area contributed by atoms with Crippen LogP contribution in [-0.2, 0) is 9.84 Å². The van der Waals surface area contributed by atoms with Crippen LogP contribution in [0.15, 0.2) is 0 Å². The first-order valence-corrected chi connectivity index (χ1v) is 8.27. The predicted molar refractivity (Wildman–Crippen MR) is 70.5 cm³/mol. The lowest BCUT2D eigenvalue weighted by molar-refractivity contribution is 0.255. The average molecular weight is 249 g/mol. The maximum absolute atomic E-state index is 11.1. The fourth-order valence-electron chi connectivity index (χ4n) is 2.09. The third-order valence-corrected chi connectivity index (χ3v) is 3.98. The number of hydrogen-bond donors (Lipinski definition) is 1. The van der Waals surface area contributed by atoms with Crippen molar-refractivity contribution in [2.45, 2.75) is 46.5 Å². The third kappa shape index (κ3) is 8.11. The maximum Gasteiger partial charge on any atom is 0.147 e. The molecule has 0 amide bonds. The van der Waals surface area contributed by atoms with Gasteiger partial charge in [0.25, 0.3) is 0 Å².